The monoisotopic (exact) mass is 482 g/mol. The average Bonchev–Trinajstić information content (AvgIpc) is 2.82. The summed E-state index contributed by atoms with van der Waals surface area (Å²) in [4.78, 5) is 13.0. The Bertz CT molecular complexity index is 1260. The van der Waals surface area contributed by atoms with Gasteiger partial charge in [0.05, 0.1) is 31.7 Å². The standard InChI is InChI=1S/C26H30N2O5S/c1-18-11-13-22(19(2)15-18)26(20-9-7-6-8-10-20)27-25(29)17-28(3)34(30,31)21-12-14-23(32-4)24(16-21)33-5/h6-16,26H,17H2,1-5H3,(H,27,29)/t26-/m1/s1. The quantitative estimate of drug-likeness (QED) is 0.501. The van der Waals surface area contributed by atoms with Crippen LogP contribution in [0.3, 0.4) is 0 Å². The Balaban J connectivity index is 1.84. The van der Waals surface area contributed by atoms with Crippen molar-refractivity contribution in [2.45, 2.75) is 24.8 Å². The second kappa shape index (κ2) is 10.7. The Morgan fingerprint density at radius 2 is 1.62 bits per heavy atom. The normalized spacial score (nSPS) is 12.3. The van der Waals surface area contributed by atoms with Crippen molar-refractivity contribution in [3.63, 3.8) is 0 Å². The summed E-state index contributed by atoms with van der Waals surface area (Å²) in [6.07, 6.45) is 0. The first-order chi connectivity index (χ1) is 16.2. The molecule has 3 aromatic carbocycles. The minimum Gasteiger partial charge on any atom is -0.493 e. The molecule has 0 aliphatic carbocycles. The van der Waals surface area contributed by atoms with Crippen molar-refractivity contribution >= 4 is 15.9 Å². The van der Waals surface area contributed by atoms with Crippen LogP contribution in [0, 0.1) is 13.8 Å². The molecule has 1 N–H and O–H groups in total. The van der Waals surface area contributed by atoms with E-state index in [0.29, 0.717) is 11.5 Å². The van der Waals surface area contributed by atoms with Crippen LogP contribution in [-0.2, 0) is 14.8 Å². The molecule has 0 aliphatic rings. The predicted molar refractivity (Wildman–Crippen MR) is 132 cm³/mol. The zero-order chi connectivity index (χ0) is 24.9. The summed E-state index contributed by atoms with van der Waals surface area (Å²) in [6, 6.07) is 19.6. The van der Waals surface area contributed by atoms with Crippen LogP contribution in [0.2, 0.25) is 0 Å². The molecule has 0 fully saturated rings. The van der Waals surface area contributed by atoms with Crippen LogP contribution >= 0.6 is 0 Å². The lowest BCUT2D eigenvalue weighted by molar-refractivity contribution is -0.121. The minimum atomic E-state index is -3.93. The van der Waals surface area contributed by atoms with Crippen LogP contribution in [-0.4, -0.2) is 46.4 Å². The van der Waals surface area contributed by atoms with E-state index in [2.05, 4.69) is 11.4 Å². The third-order valence-electron chi connectivity index (χ3n) is 5.60. The second-order valence-electron chi connectivity index (χ2n) is 8.05. The first-order valence-corrected chi connectivity index (χ1v) is 12.2. The van der Waals surface area contributed by atoms with E-state index in [1.165, 1.54) is 39.5 Å². The van der Waals surface area contributed by atoms with E-state index in [4.69, 9.17) is 9.47 Å². The number of amides is 1. The molecule has 0 unspecified atom stereocenters. The molecule has 8 heteroatoms. The highest BCUT2D eigenvalue weighted by atomic mass is 32.2. The molecule has 0 radical (unpaired) electrons. The maximum absolute atomic E-state index is 13.1. The number of methoxy groups -OCH3 is 2. The highest BCUT2D eigenvalue weighted by molar-refractivity contribution is 7.89. The molecule has 0 aliphatic heterocycles. The summed E-state index contributed by atoms with van der Waals surface area (Å²) in [5, 5.41) is 3.02. The molecule has 3 rings (SSSR count). The Morgan fingerprint density at radius 3 is 2.24 bits per heavy atom. The zero-order valence-corrected chi connectivity index (χ0v) is 20.8. The molecule has 0 heterocycles. The van der Waals surface area contributed by atoms with E-state index in [9.17, 15) is 13.2 Å². The van der Waals surface area contributed by atoms with Crippen LogP contribution in [0.4, 0.5) is 0 Å². The first kappa shape index (κ1) is 25.3. The summed E-state index contributed by atoms with van der Waals surface area (Å²) in [5.41, 5.74) is 4.03. The number of rotatable bonds is 9. The van der Waals surface area contributed by atoms with Crippen LogP contribution in [0.5, 0.6) is 11.5 Å². The number of ether oxygens (including phenoxy) is 2. The second-order valence-corrected chi connectivity index (χ2v) is 10.1. The van der Waals surface area contributed by atoms with E-state index in [-0.39, 0.29) is 11.4 Å². The summed E-state index contributed by atoms with van der Waals surface area (Å²) < 4.78 is 37.6. The van der Waals surface area contributed by atoms with Gasteiger partial charge in [-0.25, -0.2) is 8.42 Å². The zero-order valence-electron chi connectivity index (χ0n) is 20.0. The van der Waals surface area contributed by atoms with Gasteiger partial charge in [-0.3, -0.25) is 4.79 Å². The van der Waals surface area contributed by atoms with Crippen LogP contribution in [0.25, 0.3) is 0 Å². The number of carbonyl (C=O) groups excluding carboxylic acids is 1. The Labute approximate surface area is 201 Å². The number of nitrogens with one attached hydrogen (secondary N) is 1. The lowest BCUT2D eigenvalue weighted by atomic mass is 9.94. The molecular weight excluding hydrogens is 452 g/mol. The van der Waals surface area contributed by atoms with Crippen molar-refractivity contribution < 1.29 is 22.7 Å². The van der Waals surface area contributed by atoms with Gasteiger partial charge in [-0.15, -0.1) is 0 Å². The smallest absolute Gasteiger partial charge is 0.243 e. The number of likely N-dealkylation sites (N-methyl/N-ethyl adjacent to an activating group) is 1. The molecule has 3 aromatic rings. The third-order valence-corrected chi connectivity index (χ3v) is 7.40. The Hall–Kier alpha value is -3.36. The maximum Gasteiger partial charge on any atom is 0.243 e. The molecule has 0 aromatic heterocycles. The van der Waals surface area contributed by atoms with Crippen molar-refractivity contribution in [2.75, 3.05) is 27.8 Å². The number of hydrogen-bond acceptors (Lipinski definition) is 5. The molecule has 0 saturated carbocycles. The van der Waals surface area contributed by atoms with Gasteiger partial charge < -0.3 is 14.8 Å². The fourth-order valence-corrected chi connectivity index (χ4v) is 4.93. The molecule has 0 saturated heterocycles. The highest BCUT2D eigenvalue weighted by Gasteiger charge is 2.26. The number of carbonyl (C=O) groups is 1. The Kier molecular flexibility index (Phi) is 7.96. The third kappa shape index (κ3) is 5.58. The van der Waals surface area contributed by atoms with Crippen LogP contribution in [0.1, 0.15) is 28.3 Å². The lowest BCUT2D eigenvalue weighted by Gasteiger charge is -2.24. The number of benzene rings is 3. The van der Waals surface area contributed by atoms with Gasteiger partial charge in [-0.1, -0.05) is 54.1 Å². The van der Waals surface area contributed by atoms with E-state index >= 15 is 0 Å². The van der Waals surface area contributed by atoms with Gasteiger partial charge in [-0.2, -0.15) is 4.31 Å². The SMILES string of the molecule is COc1ccc(S(=O)(=O)N(C)CC(=O)N[C@H](c2ccccc2)c2ccc(C)cc2C)cc1OC. The van der Waals surface area contributed by atoms with Gasteiger partial charge in [0.15, 0.2) is 11.5 Å². The summed E-state index contributed by atoms with van der Waals surface area (Å²) in [6.45, 7) is 3.67. The molecule has 1 amide bonds. The van der Waals surface area contributed by atoms with Crippen LogP contribution < -0.4 is 14.8 Å². The van der Waals surface area contributed by atoms with Crippen molar-refractivity contribution in [3.8, 4) is 11.5 Å². The van der Waals surface area contributed by atoms with Gasteiger partial charge in [-0.05, 0) is 42.7 Å². The van der Waals surface area contributed by atoms with Gasteiger partial charge in [0.25, 0.3) is 0 Å². The van der Waals surface area contributed by atoms with Crippen molar-refractivity contribution in [1.29, 1.82) is 0 Å². The van der Waals surface area contributed by atoms with Gasteiger partial charge in [0, 0.05) is 13.1 Å². The molecule has 7 nitrogen and oxygen atoms in total. The number of hydrogen-bond donors (Lipinski definition) is 1. The van der Waals surface area contributed by atoms with E-state index in [1.807, 2.05) is 56.3 Å². The van der Waals surface area contributed by atoms with Gasteiger partial charge in [0.1, 0.15) is 0 Å². The highest BCUT2D eigenvalue weighted by Crippen LogP contribution is 2.30. The van der Waals surface area contributed by atoms with E-state index in [0.717, 1.165) is 26.6 Å². The number of sulfonamides is 1. The fourth-order valence-electron chi connectivity index (χ4n) is 3.79. The summed E-state index contributed by atoms with van der Waals surface area (Å²) >= 11 is 0. The summed E-state index contributed by atoms with van der Waals surface area (Å²) in [7, 11) is 0.348. The lowest BCUT2D eigenvalue weighted by Crippen LogP contribution is -2.40. The molecule has 0 spiro atoms. The Morgan fingerprint density at radius 1 is 0.941 bits per heavy atom. The van der Waals surface area contributed by atoms with Crippen molar-refractivity contribution in [3.05, 3.63) is 89.0 Å². The molecule has 180 valence electrons. The molecule has 0 bridgehead atoms. The van der Waals surface area contributed by atoms with Gasteiger partial charge in [0.2, 0.25) is 15.9 Å². The predicted octanol–water partition coefficient (Wildman–Crippen LogP) is 3.85. The first-order valence-electron chi connectivity index (χ1n) is 10.8. The van der Waals surface area contributed by atoms with E-state index in [1.54, 1.807) is 0 Å². The van der Waals surface area contributed by atoms with Crippen LogP contribution in [0.15, 0.2) is 71.6 Å². The fraction of sp³-hybridized carbons (Fsp3) is 0.269. The average molecular weight is 483 g/mol. The summed E-state index contributed by atoms with van der Waals surface area (Å²) in [5.74, 6) is 0.293. The number of nitrogens with zero attached hydrogens (tertiary/aromatic N) is 1. The maximum atomic E-state index is 13.1. The molecule has 34 heavy (non-hydrogen) atoms. The van der Waals surface area contributed by atoms with Gasteiger partial charge >= 0.3 is 0 Å². The number of aryl methyl sites for hydroxylation is 2. The van der Waals surface area contributed by atoms with Crippen molar-refractivity contribution in [2.24, 2.45) is 0 Å². The molecule has 1 atom stereocenters. The van der Waals surface area contributed by atoms with E-state index < -0.39 is 22.0 Å². The largest absolute Gasteiger partial charge is 0.493 e. The molecular formula is C26H30N2O5S. The topological polar surface area (TPSA) is 84.9 Å². The minimum absolute atomic E-state index is 0.00874. The van der Waals surface area contributed by atoms with Crippen molar-refractivity contribution in [1.82, 2.24) is 9.62 Å².